The van der Waals surface area contributed by atoms with Gasteiger partial charge in [0.2, 0.25) is 10.0 Å². The maximum atomic E-state index is 13.0. The third kappa shape index (κ3) is 6.30. The van der Waals surface area contributed by atoms with Gasteiger partial charge in [-0.1, -0.05) is 18.2 Å². The van der Waals surface area contributed by atoms with Crippen LogP contribution in [0.15, 0.2) is 65.1 Å². The van der Waals surface area contributed by atoms with Gasteiger partial charge in [0, 0.05) is 41.2 Å². The minimum atomic E-state index is -4.86. The molecule has 218 valence electrons. The molecule has 1 unspecified atom stereocenters. The molecule has 2 aliphatic heterocycles. The molecule has 0 radical (unpaired) electrons. The van der Waals surface area contributed by atoms with Gasteiger partial charge >= 0.3 is 6.36 Å². The van der Waals surface area contributed by atoms with Gasteiger partial charge in [0.15, 0.2) is 0 Å². The second-order valence-electron chi connectivity index (χ2n) is 9.89. The topological polar surface area (TPSA) is 133 Å². The number of aliphatic hydroxyl groups is 2. The largest absolute Gasteiger partial charge is 0.573 e. The van der Waals surface area contributed by atoms with Gasteiger partial charge in [-0.05, 0) is 54.8 Å². The summed E-state index contributed by atoms with van der Waals surface area (Å²) in [6.45, 7) is -0.0718. The van der Waals surface area contributed by atoms with Gasteiger partial charge < -0.3 is 24.8 Å². The molecule has 0 aliphatic carbocycles. The van der Waals surface area contributed by atoms with Crippen molar-refractivity contribution < 1.29 is 41.3 Å². The monoisotopic (exact) mass is 592 g/mol. The number of hydrogen-bond acceptors (Lipinski definition) is 7. The molecular formula is C27H27F3N4O6S. The number of aliphatic imine (C=N–C) groups is 1. The van der Waals surface area contributed by atoms with Crippen molar-refractivity contribution >= 4 is 38.7 Å². The lowest BCUT2D eigenvalue weighted by Gasteiger charge is -2.34. The first-order valence-corrected chi connectivity index (χ1v) is 14.2. The van der Waals surface area contributed by atoms with Crippen molar-refractivity contribution in [2.75, 3.05) is 19.7 Å². The number of benzene rings is 2. The number of aliphatic hydroxyl groups excluding tert-OH is 2. The molecule has 3 aromatic rings. The summed E-state index contributed by atoms with van der Waals surface area (Å²) in [5.74, 6) is -0.777. The van der Waals surface area contributed by atoms with E-state index in [1.165, 1.54) is 22.5 Å². The van der Waals surface area contributed by atoms with Crippen molar-refractivity contribution in [1.82, 2.24) is 14.2 Å². The summed E-state index contributed by atoms with van der Waals surface area (Å²) in [6, 6.07) is 12.3. The Labute approximate surface area is 233 Å². The van der Waals surface area contributed by atoms with Crippen molar-refractivity contribution in [3.8, 4) is 5.75 Å². The number of aromatic nitrogens is 1. The molecule has 41 heavy (non-hydrogen) atoms. The zero-order valence-corrected chi connectivity index (χ0v) is 22.4. The fourth-order valence-corrected chi connectivity index (χ4v) is 6.15. The van der Waals surface area contributed by atoms with E-state index in [4.69, 9.17) is 5.11 Å². The molecule has 1 atom stereocenters. The number of amides is 1. The zero-order chi connectivity index (χ0) is 29.4. The fourth-order valence-electron chi connectivity index (χ4n) is 4.96. The Morgan fingerprint density at radius 3 is 2.61 bits per heavy atom. The lowest BCUT2D eigenvalue weighted by molar-refractivity contribution is -0.274. The van der Waals surface area contributed by atoms with Crippen LogP contribution in [0, 0.1) is 0 Å². The highest BCUT2D eigenvalue weighted by atomic mass is 32.2. The number of sulfonamides is 1. The lowest BCUT2D eigenvalue weighted by Crippen LogP contribution is -2.50. The third-order valence-corrected chi connectivity index (χ3v) is 8.64. The Balaban J connectivity index is 1.26. The second kappa shape index (κ2) is 10.9. The van der Waals surface area contributed by atoms with Crippen LogP contribution in [-0.4, -0.2) is 76.9 Å². The van der Waals surface area contributed by atoms with E-state index in [9.17, 15) is 31.5 Å². The Morgan fingerprint density at radius 1 is 1.15 bits per heavy atom. The van der Waals surface area contributed by atoms with Crippen LogP contribution in [0.4, 0.5) is 13.2 Å². The summed E-state index contributed by atoms with van der Waals surface area (Å²) in [5, 5.41) is 23.4. The molecule has 1 aromatic heterocycles. The number of hydrogen-bond donors (Lipinski definition) is 3. The minimum absolute atomic E-state index is 0.0309. The smallest absolute Gasteiger partial charge is 0.406 e. The normalized spacial score (nSPS) is 18.7. The number of nitrogens with one attached hydrogen (secondary N) is 1. The number of ether oxygens (including phenoxy) is 1. The highest BCUT2D eigenvalue weighted by Gasteiger charge is 2.47. The number of carbonyl (C=O) groups excluding carboxylic acids is 1. The van der Waals surface area contributed by atoms with E-state index in [1.807, 2.05) is 12.1 Å². The number of nitrogens with zero attached hydrogens (tertiary/aromatic N) is 3. The van der Waals surface area contributed by atoms with E-state index in [1.54, 1.807) is 22.9 Å². The molecule has 0 saturated carbocycles. The van der Waals surface area contributed by atoms with E-state index in [2.05, 4.69) is 15.0 Å². The first kappa shape index (κ1) is 28.8. The number of fused-ring (bicyclic) bond motifs is 1. The van der Waals surface area contributed by atoms with E-state index in [-0.39, 0.29) is 50.5 Å². The minimum Gasteiger partial charge on any atom is -0.406 e. The Morgan fingerprint density at radius 2 is 1.90 bits per heavy atom. The van der Waals surface area contributed by atoms with Gasteiger partial charge in [0.05, 0.1) is 19.3 Å². The summed E-state index contributed by atoms with van der Waals surface area (Å²) in [7, 11) is -3.82. The first-order valence-electron chi connectivity index (χ1n) is 12.7. The highest BCUT2D eigenvalue weighted by molar-refractivity contribution is 7.92. The number of carbonyl (C=O) groups is 1. The van der Waals surface area contributed by atoms with Crippen molar-refractivity contribution in [2.24, 2.45) is 4.99 Å². The first-order chi connectivity index (χ1) is 19.4. The van der Waals surface area contributed by atoms with Crippen LogP contribution in [0.3, 0.4) is 0 Å². The van der Waals surface area contributed by atoms with E-state index < -0.39 is 39.7 Å². The molecule has 1 spiro atoms. The Hall–Kier alpha value is -3.72. The summed E-state index contributed by atoms with van der Waals surface area (Å²) in [6.07, 6.45) is -2.29. The van der Waals surface area contributed by atoms with Crippen LogP contribution in [-0.2, 0) is 21.4 Å². The fraction of sp³-hybridized carbons (Fsp3) is 0.333. The quantitative estimate of drug-likeness (QED) is 0.368. The van der Waals surface area contributed by atoms with Crippen molar-refractivity contribution in [3.05, 3.63) is 71.3 Å². The zero-order valence-electron chi connectivity index (χ0n) is 21.6. The van der Waals surface area contributed by atoms with Gasteiger partial charge in [0.25, 0.3) is 5.91 Å². The molecule has 1 fully saturated rings. The van der Waals surface area contributed by atoms with Crippen molar-refractivity contribution in [2.45, 2.75) is 37.4 Å². The summed E-state index contributed by atoms with van der Waals surface area (Å²) in [4.78, 5) is 17.3. The second-order valence-corrected chi connectivity index (χ2v) is 11.7. The van der Waals surface area contributed by atoms with Gasteiger partial charge in [-0.3, -0.25) is 9.79 Å². The maximum absolute atomic E-state index is 13.0. The van der Waals surface area contributed by atoms with Gasteiger partial charge in [-0.2, -0.15) is 4.31 Å². The summed E-state index contributed by atoms with van der Waals surface area (Å²) < 4.78 is 70.9. The standard InChI is InChI=1S/C27H27F3N4O6S/c28-27(29,30)40-22-3-1-2-20(15-22)24-31-25(37)26(32-24)8-11-34(12-9-26)41(38,39)13-7-18-4-5-23-19(14-18)6-10-33(23)16-21(36)17-35/h1-7,10,13-15,21,35-36H,8-9,11-12,16-17H2,(H,31,32,37). The molecule has 1 amide bonds. The molecule has 14 heteroatoms. The predicted molar refractivity (Wildman–Crippen MR) is 144 cm³/mol. The van der Waals surface area contributed by atoms with Crippen molar-refractivity contribution in [3.63, 3.8) is 0 Å². The number of amidine groups is 1. The van der Waals surface area contributed by atoms with Crippen LogP contribution < -0.4 is 10.1 Å². The molecule has 0 bridgehead atoms. The number of rotatable bonds is 8. The van der Waals surface area contributed by atoms with Crippen LogP contribution in [0.2, 0.25) is 0 Å². The van der Waals surface area contributed by atoms with E-state index in [0.717, 1.165) is 28.4 Å². The predicted octanol–water partition coefficient (Wildman–Crippen LogP) is 2.60. The molecular weight excluding hydrogens is 565 g/mol. The average Bonchev–Trinajstić information content (AvgIpc) is 3.47. The van der Waals surface area contributed by atoms with Crippen LogP contribution >= 0.6 is 0 Å². The maximum Gasteiger partial charge on any atom is 0.573 e. The van der Waals surface area contributed by atoms with Gasteiger partial charge in [-0.15, -0.1) is 13.2 Å². The summed E-state index contributed by atoms with van der Waals surface area (Å²) >= 11 is 0. The highest BCUT2D eigenvalue weighted by Crippen LogP contribution is 2.33. The molecule has 5 rings (SSSR count). The number of halogens is 3. The van der Waals surface area contributed by atoms with Crippen LogP contribution in [0.5, 0.6) is 5.75 Å². The third-order valence-electron chi connectivity index (χ3n) is 7.08. The van der Waals surface area contributed by atoms with Crippen molar-refractivity contribution in [1.29, 1.82) is 0 Å². The number of alkyl halides is 3. The van der Waals surface area contributed by atoms with Crippen LogP contribution in [0.25, 0.3) is 17.0 Å². The Bertz CT molecular complexity index is 1630. The molecule has 10 nitrogen and oxygen atoms in total. The molecule has 2 aromatic carbocycles. The number of piperidine rings is 1. The van der Waals surface area contributed by atoms with Crippen LogP contribution in [0.1, 0.15) is 24.0 Å². The molecule has 1 saturated heterocycles. The lowest BCUT2D eigenvalue weighted by atomic mass is 9.89. The SMILES string of the molecule is O=C1NC(c2cccc(OC(F)(F)F)c2)=NC12CCN(S(=O)(=O)C=Cc1ccc3c(ccn3CC(O)CO)c1)CC2. The molecule has 3 N–H and O–H groups in total. The molecule has 3 heterocycles. The molecule has 2 aliphatic rings. The van der Waals surface area contributed by atoms with Gasteiger partial charge in [-0.25, -0.2) is 8.42 Å². The summed E-state index contributed by atoms with van der Waals surface area (Å²) in [5.41, 5.74) is 0.504. The Kier molecular flexibility index (Phi) is 7.68. The van der Waals surface area contributed by atoms with E-state index in [0.29, 0.717) is 5.56 Å². The average molecular weight is 593 g/mol. The van der Waals surface area contributed by atoms with E-state index >= 15 is 0 Å². The van der Waals surface area contributed by atoms with Gasteiger partial charge in [0.1, 0.15) is 17.1 Å².